The van der Waals surface area contributed by atoms with Gasteiger partial charge in [0.1, 0.15) is 0 Å². The van der Waals surface area contributed by atoms with Crippen LogP contribution in [0.4, 0.5) is 13.2 Å². The molecule has 3 heteroatoms. The molecule has 0 aromatic heterocycles. The maximum atomic E-state index is 13.0. The highest BCUT2D eigenvalue weighted by atomic mass is 19.2. The average molecular weight is 182 g/mol. The van der Waals surface area contributed by atoms with Gasteiger partial charge >= 0.3 is 0 Å². The minimum Gasteiger partial charge on any atom is -0.204 e. The summed E-state index contributed by atoms with van der Waals surface area (Å²) in [6, 6.07) is 7.13. The second kappa shape index (κ2) is 2.76. The largest absolute Gasteiger partial charge is 0.204 e. The summed E-state index contributed by atoms with van der Waals surface area (Å²) in [6.45, 7) is 0. The van der Waals surface area contributed by atoms with Crippen molar-refractivity contribution in [3.05, 3.63) is 47.8 Å². The standard InChI is InChI=1S/C10H5F3/c11-8-5-6-3-1-2-4-7(6)9(12)10(8)13/h1-5H. The van der Waals surface area contributed by atoms with Crippen molar-refractivity contribution in [2.45, 2.75) is 0 Å². The first-order chi connectivity index (χ1) is 6.20. The topological polar surface area (TPSA) is 0 Å². The molecule has 2 rings (SSSR count). The maximum absolute atomic E-state index is 13.0. The Labute approximate surface area is 72.6 Å². The molecule has 0 N–H and O–H groups in total. The van der Waals surface area contributed by atoms with E-state index in [2.05, 4.69) is 0 Å². The van der Waals surface area contributed by atoms with Crippen molar-refractivity contribution < 1.29 is 13.2 Å². The van der Waals surface area contributed by atoms with E-state index >= 15 is 0 Å². The van der Waals surface area contributed by atoms with Crippen LogP contribution in [0.25, 0.3) is 10.8 Å². The van der Waals surface area contributed by atoms with E-state index in [1.54, 1.807) is 12.1 Å². The van der Waals surface area contributed by atoms with Crippen LogP contribution in [0, 0.1) is 17.5 Å². The SMILES string of the molecule is Fc1cc2ccccc2c(F)c1F. The Bertz CT molecular complexity index is 463. The molecule has 0 heterocycles. The summed E-state index contributed by atoms with van der Waals surface area (Å²) < 4.78 is 38.4. The van der Waals surface area contributed by atoms with Gasteiger partial charge in [-0.05, 0) is 11.5 Å². The first kappa shape index (κ1) is 8.10. The fourth-order valence-corrected chi connectivity index (χ4v) is 1.25. The molecule has 2 aromatic carbocycles. The van der Waals surface area contributed by atoms with Gasteiger partial charge in [-0.1, -0.05) is 24.3 Å². The van der Waals surface area contributed by atoms with Gasteiger partial charge < -0.3 is 0 Å². The van der Waals surface area contributed by atoms with Gasteiger partial charge in [0, 0.05) is 5.39 Å². The molecule has 0 unspecified atom stereocenters. The van der Waals surface area contributed by atoms with Gasteiger partial charge in [0.15, 0.2) is 17.5 Å². The fourth-order valence-electron chi connectivity index (χ4n) is 1.25. The fraction of sp³-hybridized carbons (Fsp3) is 0. The third-order valence-electron chi connectivity index (χ3n) is 1.88. The van der Waals surface area contributed by atoms with Gasteiger partial charge in [0.05, 0.1) is 0 Å². The summed E-state index contributed by atoms with van der Waals surface area (Å²) in [5, 5.41) is 0.459. The highest BCUT2D eigenvalue weighted by Crippen LogP contribution is 2.22. The van der Waals surface area contributed by atoms with Crippen LogP contribution in [-0.2, 0) is 0 Å². The molecular weight excluding hydrogens is 177 g/mol. The van der Waals surface area contributed by atoms with Gasteiger partial charge in [-0.15, -0.1) is 0 Å². The number of hydrogen-bond donors (Lipinski definition) is 0. The van der Waals surface area contributed by atoms with Gasteiger partial charge in [-0.25, -0.2) is 13.2 Å². The lowest BCUT2D eigenvalue weighted by Crippen LogP contribution is -1.91. The zero-order valence-electron chi connectivity index (χ0n) is 6.52. The zero-order chi connectivity index (χ0) is 9.42. The summed E-state index contributed by atoms with van der Waals surface area (Å²) in [7, 11) is 0. The van der Waals surface area contributed by atoms with Crippen LogP contribution >= 0.6 is 0 Å². The van der Waals surface area contributed by atoms with Crippen LogP contribution in [0.1, 0.15) is 0 Å². The molecule has 2 aromatic rings. The molecular formula is C10H5F3. The minimum atomic E-state index is -1.42. The summed E-state index contributed by atoms with van der Waals surface area (Å²) in [4.78, 5) is 0. The van der Waals surface area contributed by atoms with E-state index in [0.29, 0.717) is 5.39 Å². The van der Waals surface area contributed by atoms with Crippen LogP contribution in [0.3, 0.4) is 0 Å². The lowest BCUT2D eigenvalue weighted by molar-refractivity contribution is 0.453. The zero-order valence-corrected chi connectivity index (χ0v) is 6.52. The molecule has 0 nitrogen and oxygen atoms in total. The highest BCUT2D eigenvalue weighted by molar-refractivity contribution is 5.83. The highest BCUT2D eigenvalue weighted by Gasteiger charge is 2.11. The summed E-state index contributed by atoms with van der Waals surface area (Å²) in [5.41, 5.74) is 0. The molecule has 66 valence electrons. The summed E-state index contributed by atoms with van der Waals surface area (Å²) >= 11 is 0. The minimum absolute atomic E-state index is 0.0985. The van der Waals surface area contributed by atoms with Crippen LogP contribution in [-0.4, -0.2) is 0 Å². The lowest BCUT2D eigenvalue weighted by Gasteiger charge is -2.00. The maximum Gasteiger partial charge on any atom is 0.195 e. The van der Waals surface area contributed by atoms with E-state index in [0.717, 1.165) is 6.07 Å². The molecule has 0 amide bonds. The molecule has 13 heavy (non-hydrogen) atoms. The third-order valence-corrected chi connectivity index (χ3v) is 1.88. The van der Waals surface area contributed by atoms with E-state index in [9.17, 15) is 13.2 Å². The second-order valence-electron chi connectivity index (χ2n) is 2.71. The number of fused-ring (bicyclic) bond motifs is 1. The molecule has 0 spiro atoms. The van der Waals surface area contributed by atoms with Gasteiger partial charge in [-0.2, -0.15) is 0 Å². The van der Waals surface area contributed by atoms with Crippen LogP contribution in [0.2, 0.25) is 0 Å². The first-order valence-corrected chi connectivity index (χ1v) is 3.72. The van der Waals surface area contributed by atoms with Crippen molar-refractivity contribution in [1.29, 1.82) is 0 Å². The average Bonchev–Trinajstić information content (AvgIpc) is 2.15. The van der Waals surface area contributed by atoms with E-state index in [1.807, 2.05) is 0 Å². The van der Waals surface area contributed by atoms with Crippen molar-refractivity contribution in [3.63, 3.8) is 0 Å². The molecule has 0 fully saturated rings. The molecule has 0 saturated heterocycles. The normalized spacial score (nSPS) is 10.7. The van der Waals surface area contributed by atoms with E-state index in [1.165, 1.54) is 12.1 Å². The van der Waals surface area contributed by atoms with Gasteiger partial charge in [0.25, 0.3) is 0 Å². The summed E-state index contributed by atoms with van der Waals surface area (Å²) in [5.74, 6) is -3.70. The van der Waals surface area contributed by atoms with Crippen molar-refractivity contribution >= 4 is 10.8 Å². The number of hydrogen-bond acceptors (Lipinski definition) is 0. The Morgan fingerprint density at radius 2 is 1.54 bits per heavy atom. The second-order valence-corrected chi connectivity index (χ2v) is 2.71. The Morgan fingerprint density at radius 1 is 0.846 bits per heavy atom. The molecule has 0 atom stereocenters. The molecule has 0 bridgehead atoms. The van der Waals surface area contributed by atoms with Crippen LogP contribution in [0.5, 0.6) is 0 Å². The summed E-state index contributed by atoms with van der Waals surface area (Å²) in [6.07, 6.45) is 0. The Hall–Kier alpha value is -1.51. The smallest absolute Gasteiger partial charge is 0.195 e. The Kier molecular flexibility index (Phi) is 1.72. The molecule has 0 aliphatic carbocycles. The predicted octanol–water partition coefficient (Wildman–Crippen LogP) is 3.26. The predicted molar refractivity (Wildman–Crippen MR) is 43.8 cm³/mol. The molecule has 0 saturated carbocycles. The van der Waals surface area contributed by atoms with Crippen molar-refractivity contribution in [2.75, 3.05) is 0 Å². The first-order valence-electron chi connectivity index (χ1n) is 3.72. The lowest BCUT2D eigenvalue weighted by atomic mass is 10.1. The van der Waals surface area contributed by atoms with Crippen molar-refractivity contribution in [3.8, 4) is 0 Å². The van der Waals surface area contributed by atoms with E-state index in [4.69, 9.17) is 0 Å². The molecule has 0 aliphatic heterocycles. The van der Waals surface area contributed by atoms with E-state index in [-0.39, 0.29) is 5.39 Å². The number of halogens is 3. The molecule has 0 aliphatic rings. The van der Waals surface area contributed by atoms with Gasteiger partial charge in [0.2, 0.25) is 0 Å². The number of rotatable bonds is 0. The number of benzene rings is 2. The van der Waals surface area contributed by atoms with Gasteiger partial charge in [-0.3, -0.25) is 0 Å². The van der Waals surface area contributed by atoms with Crippen molar-refractivity contribution in [2.24, 2.45) is 0 Å². The monoisotopic (exact) mass is 182 g/mol. The Morgan fingerprint density at radius 3 is 2.31 bits per heavy atom. The third kappa shape index (κ3) is 1.16. The quantitative estimate of drug-likeness (QED) is 0.548. The van der Waals surface area contributed by atoms with Crippen molar-refractivity contribution in [1.82, 2.24) is 0 Å². The van der Waals surface area contributed by atoms with Crippen LogP contribution in [0.15, 0.2) is 30.3 Å². The van der Waals surface area contributed by atoms with E-state index < -0.39 is 17.5 Å². The van der Waals surface area contributed by atoms with Crippen LogP contribution < -0.4 is 0 Å². The molecule has 0 radical (unpaired) electrons. The Balaban J connectivity index is 2.94.